The largest absolute Gasteiger partial charge is 0.480 e. The summed E-state index contributed by atoms with van der Waals surface area (Å²) in [4.78, 5) is 31.2. The number of nitrogens with one attached hydrogen (secondary N) is 1. The Morgan fingerprint density at radius 1 is 1.27 bits per heavy atom. The summed E-state index contributed by atoms with van der Waals surface area (Å²) in [6.07, 6.45) is -3.05. The van der Waals surface area contributed by atoms with Gasteiger partial charge in [-0.15, -0.1) is 11.3 Å². The molecule has 3 aromatic rings. The minimum atomic E-state index is -4.71. The summed E-state index contributed by atoms with van der Waals surface area (Å²) in [5, 5.41) is 3.34. The maximum Gasteiger partial charge on any atom is 0.423 e. The molecule has 2 atom stereocenters. The van der Waals surface area contributed by atoms with Crippen LogP contribution in [0.15, 0.2) is 30.6 Å². The fourth-order valence-corrected chi connectivity index (χ4v) is 5.14. The molecule has 1 unspecified atom stereocenters. The summed E-state index contributed by atoms with van der Waals surface area (Å²) in [6, 6.07) is 4.41. The fraction of sp³-hybridized carbons (Fsp3) is 0.435. The van der Waals surface area contributed by atoms with Gasteiger partial charge in [0.05, 0.1) is 35.3 Å². The normalized spacial score (nSPS) is 19.5. The van der Waals surface area contributed by atoms with E-state index in [-0.39, 0.29) is 18.2 Å². The van der Waals surface area contributed by atoms with E-state index in [1.54, 1.807) is 38.2 Å². The first-order valence-corrected chi connectivity index (χ1v) is 12.0. The summed E-state index contributed by atoms with van der Waals surface area (Å²) < 4.78 is 73.3. The van der Waals surface area contributed by atoms with Crippen LogP contribution in [0, 0.1) is 12.8 Å². The first kappa shape index (κ1) is 26.6. The second-order valence-corrected chi connectivity index (χ2v) is 9.86. The van der Waals surface area contributed by atoms with Crippen LogP contribution in [0.5, 0.6) is 5.88 Å². The van der Waals surface area contributed by atoms with Crippen molar-refractivity contribution in [3.05, 3.63) is 46.9 Å². The predicted octanol–water partition coefficient (Wildman–Crippen LogP) is 4.93. The van der Waals surface area contributed by atoms with Crippen molar-refractivity contribution in [3.8, 4) is 16.5 Å². The lowest BCUT2D eigenvalue weighted by atomic mass is 9.88. The summed E-state index contributed by atoms with van der Waals surface area (Å²) in [5.41, 5.74) is -0.638. The minimum Gasteiger partial charge on any atom is -0.480 e. The maximum atomic E-state index is 14.6. The van der Waals surface area contributed by atoms with Crippen molar-refractivity contribution in [2.75, 3.05) is 25.5 Å². The van der Waals surface area contributed by atoms with Gasteiger partial charge >= 0.3 is 6.18 Å². The summed E-state index contributed by atoms with van der Waals surface area (Å²) in [7, 11) is 1.04. The van der Waals surface area contributed by atoms with Gasteiger partial charge in [-0.3, -0.25) is 9.78 Å². The number of anilines is 1. The molecule has 0 spiro atoms. The topological polar surface area (TPSA) is 93.1 Å². The average Bonchev–Trinajstić information content (AvgIpc) is 3.23. The third-order valence-electron chi connectivity index (χ3n) is 5.90. The summed E-state index contributed by atoms with van der Waals surface area (Å²) in [6.45, 7) is 2.37. The van der Waals surface area contributed by atoms with Gasteiger partial charge in [0.1, 0.15) is 11.3 Å². The molecular formula is C23H23F5N6O2S. The Labute approximate surface area is 212 Å². The van der Waals surface area contributed by atoms with Gasteiger partial charge in [-0.2, -0.15) is 18.2 Å². The molecule has 4 rings (SSSR count). The van der Waals surface area contributed by atoms with Crippen molar-refractivity contribution >= 4 is 23.2 Å². The number of hydrogen-bond acceptors (Lipinski definition) is 8. The van der Waals surface area contributed by atoms with E-state index in [4.69, 9.17) is 4.74 Å². The van der Waals surface area contributed by atoms with E-state index in [9.17, 15) is 26.7 Å². The van der Waals surface area contributed by atoms with Gasteiger partial charge in [0, 0.05) is 25.4 Å². The van der Waals surface area contributed by atoms with Gasteiger partial charge in [-0.05, 0) is 25.0 Å². The first-order valence-electron chi connectivity index (χ1n) is 11.2. The molecule has 0 aromatic carbocycles. The highest BCUT2D eigenvalue weighted by Gasteiger charge is 2.47. The number of carbonyl (C=O) groups excluding carboxylic acids is 1. The van der Waals surface area contributed by atoms with Gasteiger partial charge in [0.25, 0.3) is 11.8 Å². The molecule has 0 aliphatic carbocycles. The van der Waals surface area contributed by atoms with Gasteiger partial charge in [-0.25, -0.2) is 18.7 Å². The predicted molar refractivity (Wildman–Crippen MR) is 126 cm³/mol. The third-order valence-corrected chi connectivity index (χ3v) is 6.89. The zero-order valence-electron chi connectivity index (χ0n) is 20.0. The number of aromatic nitrogens is 4. The van der Waals surface area contributed by atoms with Crippen LogP contribution >= 0.6 is 11.3 Å². The number of alkyl halides is 5. The highest BCUT2D eigenvalue weighted by molar-refractivity contribution is 7.15. The van der Waals surface area contributed by atoms with Gasteiger partial charge < -0.3 is 15.0 Å². The number of rotatable bonds is 6. The Bertz CT molecular complexity index is 1270. The monoisotopic (exact) mass is 542 g/mol. The lowest BCUT2D eigenvalue weighted by molar-refractivity contribution is -0.139. The van der Waals surface area contributed by atoms with Crippen LogP contribution in [0.1, 0.15) is 34.4 Å². The molecule has 37 heavy (non-hydrogen) atoms. The molecule has 0 radical (unpaired) electrons. The Kier molecular flexibility index (Phi) is 7.31. The van der Waals surface area contributed by atoms with E-state index >= 15 is 0 Å². The number of methoxy groups -OCH3 is 1. The lowest BCUT2D eigenvalue weighted by Crippen LogP contribution is -2.57. The van der Waals surface area contributed by atoms with Crippen molar-refractivity contribution in [3.63, 3.8) is 0 Å². The number of amides is 1. The van der Waals surface area contributed by atoms with Crippen LogP contribution < -0.4 is 10.1 Å². The van der Waals surface area contributed by atoms with Crippen LogP contribution in [0.25, 0.3) is 10.6 Å². The lowest BCUT2D eigenvalue weighted by Gasteiger charge is -2.43. The Balaban J connectivity index is 1.62. The maximum absolute atomic E-state index is 14.6. The molecule has 198 valence electrons. The number of thiazole rings is 1. The molecule has 1 saturated heterocycles. The van der Waals surface area contributed by atoms with E-state index in [0.717, 1.165) is 12.0 Å². The van der Waals surface area contributed by atoms with E-state index in [1.165, 1.54) is 11.3 Å². The molecule has 0 saturated carbocycles. The third kappa shape index (κ3) is 5.78. The highest BCUT2D eigenvalue weighted by atomic mass is 32.1. The van der Waals surface area contributed by atoms with E-state index in [0.29, 0.717) is 21.8 Å². The molecule has 1 N–H and O–H groups in total. The summed E-state index contributed by atoms with van der Waals surface area (Å²) in [5.74, 6) is -5.35. The number of nitrogens with zero attached hydrogens (tertiary/aromatic N) is 5. The minimum absolute atomic E-state index is 0.0172. The smallest absolute Gasteiger partial charge is 0.423 e. The Morgan fingerprint density at radius 3 is 2.68 bits per heavy atom. The Morgan fingerprint density at radius 2 is 2.03 bits per heavy atom. The molecular weight excluding hydrogens is 519 g/mol. The van der Waals surface area contributed by atoms with Crippen LogP contribution in [0.2, 0.25) is 0 Å². The van der Waals surface area contributed by atoms with Crippen molar-refractivity contribution in [1.29, 1.82) is 0 Å². The van der Waals surface area contributed by atoms with Crippen LogP contribution in [0.4, 0.5) is 27.9 Å². The van der Waals surface area contributed by atoms with Crippen molar-refractivity contribution in [2.45, 2.75) is 38.4 Å². The first-order chi connectivity index (χ1) is 17.4. The number of ether oxygens (including phenoxy) is 1. The van der Waals surface area contributed by atoms with E-state index in [1.807, 2.05) is 0 Å². The SMILES string of the molecule is COc1nc(NCC2[C@H](C)CC(F)(F)CN2C(=O)c2nc(C)sc2-c2ccccn2)ncc1C(F)(F)F. The molecule has 4 heterocycles. The molecule has 1 aliphatic heterocycles. The standard InChI is InChI=1S/C23H23F5N6O2S/c1-12-8-22(24,25)11-34(20(35)17-18(37-13(2)32-17)15-6-4-5-7-29-15)16(12)10-31-21-30-9-14(23(26,27)28)19(33-21)36-3/h4-7,9,12,16H,8,10-11H2,1-3H3,(H,30,31,33)/t12-,16?/m1/s1. The number of halogens is 5. The van der Waals surface area contributed by atoms with Crippen LogP contribution in [-0.4, -0.2) is 62.9 Å². The number of carbonyl (C=O) groups is 1. The van der Waals surface area contributed by atoms with Crippen molar-refractivity contribution in [1.82, 2.24) is 24.8 Å². The Hall–Kier alpha value is -3.42. The quantitative estimate of drug-likeness (QED) is 0.442. The molecule has 1 fully saturated rings. The molecule has 1 aliphatic rings. The zero-order valence-corrected chi connectivity index (χ0v) is 20.8. The second kappa shape index (κ2) is 10.1. The van der Waals surface area contributed by atoms with Crippen LogP contribution in [0.3, 0.4) is 0 Å². The molecule has 8 nitrogen and oxygen atoms in total. The van der Waals surface area contributed by atoms with E-state index in [2.05, 4.69) is 25.3 Å². The number of piperidine rings is 1. The van der Waals surface area contributed by atoms with Crippen molar-refractivity contribution in [2.24, 2.45) is 5.92 Å². The average molecular weight is 543 g/mol. The van der Waals surface area contributed by atoms with Gasteiger partial charge in [0.15, 0.2) is 0 Å². The van der Waals surface area contributed by atoms with Gasteiger partial charge in [0.2, 0.25) is 11.8 Å². The molecule has 3 aromatic heterocycles. The van der Waals surface area contributed by atoms with E-state index < -0.39 is 54.4 Å². The number of aryl methyl sites for hydroxylation is 1. The van der Waals surface area contributed by atoms with Crippen LogP contribution in [-0.2, 0) is 6.18 Å². The second-order valence-electron chi connectivity index (χ2n) is 8.66. The number of likely N-dealkylation sites (tertiary alicyclic amines) is 1. The zero-order chi connectivity index (χ0) is 27.0. The molecule has 1 amide bonds. The molecule has 14 heteroatoms. The molecule has 0 bridgehead atoms. The fourth-order valence-electron chi connectivity index (χ4n) is 4.26. The summed E-state index contributed by atoms with van der Waals surface area (Å²) >= 11 is 1.23. The number of hydrogen-bond donors (Lipinski definition) is 1. The van der Waals surface area contributed by atoms with Gasteiger partial charge in [-0.1, -0.05) is 13.0 Å². The highest BCUT2D eigenvalue weighted by Crippen LogP contribution is 2.38. The number of pyridine rings is 1. The van der Waals surface area contributed by atoms with Crippen molar-refractivity contribution < 1.29 is 31.5 Å².